The second kappa shape index (κ2) is 5.27. The molecule has 0 saturated heterocycles. The van der Waals surface area contributed by atoms with Crippen molar-refractivity contribution in [2.75, 3.05) is 10.6 Å². The third-order valence-electron chi connectivity index (χ3n) is 1.89. The number of aromatic nitrogens is 2. The van der Waals surface area contributed by atoms with E-state index in [1.165, 1.54) is 6.20 Å². The SMILES string of the molecule is O=C(Nc1cccnc1)Nc1ccc(Cl)cn1. The summed E-state index contributed by atoms with van der Waals surface area (Å²) in [5, 5.41) is 5.71. The fraction of sp³-hybridized carbons (Fsp3) is 0. The lowest BCUT2D eigenvalue weighted by Crippen LogP contribution is -2.20. The first-order valence-corrected chi connectivity index (χ1v) is 5.21. The number of urea groups is 1. The minimum Gasteiger partial charge on any atom is -0.306 e. The molecule has 5 nitrogen and oxygen atoms in total. The first kappa shape index (κ1) is 11.3. The molecule has 0 aliphatic carbocycles. The fourth-order valence-corrected chi connectivity index (χ4v) is 1.28. The molecule has 0 radical (unpaired) electrons. The highest BCUT2D eigenvalue weighted by molar-refractivity contribution is 6.30. The average molecular weight is 249 g/mol. The molecule has 2 aromatic rings. The monoisotopic (exact) mass is 248 g/mol. The predicted octanol–water partition coefficient (Wildman–Crippen LogP) is 2.77. The van der Waals surface area contributed by atoms with Gasteiger partial charge in [0, 0.05) is 12.4 Å². The summed E-state index contributed by atoms with van der Waals surface area (Å²) in [6.07, 6.45) is 4.64. The highest BCUT2D eigenvalue weighted by atomic mass is 35.5. The van der Waals surface area contributed by atoms with E-state index in [0.717, 1.165) is 0 Å². The smallest absolute Gasteiger partial charge is 0.306 e. The van der Waals surface area contributed by atoms with Crippen LogP contribution in [0.3, 0.4) is 0 Å². The number of nitrogens with one attached hydrogen (secondary N) is 2. The first-order valence-electron chi connectivity index (χ1n) is 4.83. The second-order valence-corrected chi connectivity index (χ2v) is 3.62. The molecular formula is C11H9ClN4O. The van der Waals surface area contributed by atoms with Crippen molar-refractivity contribution in [3.8, 4) is 0 Å². The molecular weight excluding hydrogens is 240 g/mol. The van der Waals surface area contributed by atoms with Crippen molar-refractivity contribution in [3.05, 3.63) is 47.9 Å². The molecule has 2 rings (SSSR count). The standard InChI is InChI=1S/C11H9ClN4O/c12-8-3-4-10(14-6-8)16-11(17)15-9-2-1-5-13-7-9/h1-7H,(H2,14,15,16,17). The summed E-state index contributed by atoms with van der Waals surface area (Å²) in [5.74, 6) is 0.427. The molecule has 0 fully saturated rings. The topological polar surface area (TPSA) is 66.9 Å². The summed E-state index contributed by atoms with van der Waals surface area (Å²) in [5.41, 5.74) is 0.610. The third kappa shape index (κ3) is 3.42. The van der Waals surface area contributed by atoms with E-state index in [-0.39, 0.29) is 6.03 Å². The first-order chi connectivity index (χ1) is 8.24. The van der Waals surface area contributed by atoms with E-state index in [0.29, 0.717) is 16.5 Å². The van der Waals surface area contributed by atoms with E-state index >= 15 is 0 Å². The van der Waals surface area contributed by atoms with Gasteiger partial charge in [-0.2, -0.15) is 0 Å². The van der Waals surface area contributed by atoms with E-state index in [9.17, 15) is 4.79 Å². The van der Waals surface area contributed by atoms with Gasteiger partial charge in [-0.3, -0.25) is 10.3 Å². The summed E-state index contributed by atoms with van der Waals surface area (Å²) in [6.45, 7) is 0. The van der Waals surface area contributed by atoms with Crippen molar-refractivity contribution in [1.82, 2.24) is 9.97 Å². The Bertz CT molecular complexity index is 501. The molecule has 6 heteroatoms. The molecule has 86 valence electrons. The lowest BCUT2D eigenvalue weighted by Gasteiger charge is -2.06. The van der Waals surface area contributed by atoms with Crippen LogP contribution in [0.1, 0.15) is 0 Å². The third-order valence-corrected chi connectivity index (χ3v) is 2.11. The molecule has 2 N–H and O–H groups in total. The minimum atomic E-state index is -0.382. The summed E-state index contributed by atoms with van der Waals surface area (Å²) in [6, 6.07) is 6.35. The van der Waals surface area contributed by atoms with Gasteiger partial charge in [-0.05, 0) is 24.3 Å². The van der Waals surface area contributed by atoms with Crippen molar-refractivity contribution >= 4 is 29.1 Å². The van der Waals surface area contributed by atoms with Gasteiger partial charge >= 0.3 is 6.03 Å². The lowest BCUT2D eigenvalue weighted by atomic mass is 10.4. The molecule has 2 heterocycles. The van der Waals surface area contributed by atoms with Crippen LogP contribution in [-0.2, 0) is 0 Å². The number of anilines is 2. The molecule has 2 aromatic heterocycles. The number of hydrogen-bond donors (Lipinski definition) is 2. The van der Waals surface area contributed by atoms with Crippen molar-refractivity contribution in [3.63, 3.8) is 0 Å². The molecule has 0 saturated carbocycles. The molecule has 0 bridgehead atoms. The molecule has 2 amide bonds. The van der Waals surface area contributed by atoms with Gasteiger partial charge in [-0.1, -0.05) is 11.6 Å². The summed E-state index contributed by atoms with van der Waals surface area (Å²) < 4.78 is 0. The zero-order chi connectivity index (χ0) is 12.1. The number of halogens is 1. The number of rotatable bonds is 2. The Kier molecular flexibility index (Phi) is 3.52. The maximum Gasteiger partial charge on any atom is 0.324 e. The maximum absolute atomic E-state index is 11.5. The van der Waals surface area contributed by atoms with E-state index in [2.05, 4.69) is 20.6 Å². The number of carbonyl (C=O) groups is 1. The van der Waals surface area contributed by atoms with Crippen LogP contribution in [-0.4, -0.2) is 16.0 Å². The van der Waals surface area contributed by atoms with Crippen molar-refractivity contribution in [1.29, 1.82) is 0 Å². The highest BCUT2D eigenvalue weighted by Crippen LogP contribution is 2.10. The van der Waals surface area contributed by atoms with Crippen LogP contribution >= 0.6 is 11.6 Å². The maximum atomic E-state index is 11.5. The van der Waals surface area contributed by atoms with Gasteiger partial charge in [0.05, 0.1) is 16.9 Å². The number of nitrogens with zero attached hydrogens (tertiary/aromatic N) is 2. The van der Waals surface area contributed by atoms with E-state index in [4.69, 9.17) is 11.6 Å². The molecule has 0 aliphatic heterocycles. The Labute approximate surface area is 103 Å². The molecule has 0 atom stereocenters. The van der Waals surface area contributed by atoms with E-state index < -0.39 is 0 Å². The van der Waals surface area contributed by atoms with Gasteiger partial charge in [0.15, 0.2) is 0 Å². The molecule has 0 aromatic carbocycles. The second-order valence-electron chi connectivity index (χ2n) is 3.18. The van der Waals surface area contributed by atoms with Gasteiger partial charge in [0.25, 0.3) is 0 Å². The highest BCUT2D eigenvalue weighted by Gasteiger charge is 2.02. The Balaban J connectivity index is 1.96. The van der Waals surface area contributed by atoms with Crippen LogP contribution in [0, 0.1) is 0 Å². The quantitative estimate of drug-likeness (QED) is 0.859. The summed E-state index contributed by atoms with van der Waals surface area (Å²) in [7, 11) is 0. The van der Waals surface area contributed by atoms with E-state index in [1.807, 2.05) is 0 Å². The number of hydrogen-bond acceptors (Lipinski definition) is 3. The Morgan fingerprint density at radius 2 is 2.06 bits per heavy atom. The number of carbonyl (C=O) groups excluding carboxylic acids is 1. The minimum absolute atomic E-state index is 0.382. The number of amides is 2. The van der Waals surface area contributed by atoms with Crippen LogP contribution in [0.2, 0.25) is 5.02 Å². The summed E-state index contributed by atoms with van der Waals surface area (Å²) in [4.78, 5) is 19.4. The van der Waals surface area contributed by atoms with Crippen molar-refractivity contribution < 1.29 is 4.79 Å². The van der Waals surface area contributed by atoms with Crippen LogP contribution in [0.4, 0.5) is 16.3 Å². The zero-order valence-corrected chi connectivity index (χ0v) is 9.48. The van der Waals surface area contributed by atoms with Gasteiger partial charge in [-0.15, -0.1) is 0 Å². The summed E-state index contributed by atoms with van der Waals surface area (Å²) >= 11 is 5.68. The van der Waals surface area contributed by atoms with Crippen LogP contribution in [0.25, 0.3) is 0 Å². The largest absolute Gasteiger partial charge is 0.324 e. The molecule has 17 heavy (non-hydrogen) atoms. The lowest BCUT2D eigenvalue weighted by molar-refractivity contribution is 0.262. The number of pyridine rings is 2. The van der Waals surface area contributed by atoms with Crippen molar-refractivity contribution in [2.24, 2.45) is 0 Å². The van der Waals surface area contributed by atoms with Crippen LogP contribution in [0.5, 0.6) is 0 Å². The Morgan fingerprint density at radius 3 is 2.71 bits per heavy atom. The van der Waals surface area contributed by atoms with Crippen LogP contribution in [0.15, 0.2) is 42.9 Å². The fourth-order valence-electron chi connectivity index (χ4n) is 1.17. The van der Waals surface area contributed by atoms with Gasteiger partial charge in [-0.25, -0.2) is 9.78 Å². The Morgan fingerprint density at radius 1 is 1.18 bits per heavy atom. The normalized spacial score (nSPS) is 9.71. The van der Waals surface area contributed by atoms with Crippen LogP contribution < -0.4 is 10.6 Å². The van der Waals surface area contributed by atoms with Gasteiger partial charge in [0.1, 0.15) is 5.82 Å². The molecule has 0 aliphatic rings. The van der Waals surface area contributed by atoms with Gasteiger partial charge < -0.3 is 5.32 Å². The van der Waals surface area contributed by atoms with E-state index in [1.54, 1.807) is 36.7 Å². The predicted molar refractivity (Wildman–Crippen MR) is 66.1 cm³/mol. The van der Waals surface area contributed by atoms with Gasteiger partial charge in [0.2, 0.25) is 0 Å². The average Bonchev–Trinajstić information content (AvgIpc) is 2.33. The molecule has 0 unspecified atom stereocenters. The zero-order valence-electron chi connectivity index (χ0n) is 8.72. The Hall–Kier alpha value is -2.14. The van der Waals surface area contributed by atoms with Crippen molar-refractivity contribution in [2.45, 2.75) is 0 Å². The molecule has 0 spiro atoms.